The lowest BCUT2D eigenvalue weighted by Crippen LogP contribution is -2.26. The lowest BCUT2D eigenvalue weighted by atomic mass is 10.1. The van der Waals surface area contributed by atoms with Gasteiger partial charge < -0.3 is 15.0 Å². The maximum atomic E-state index is 12.7. The minimum atomic E-state index is -0.0978. The minimum Gasteiger partial charge on any atom is -0.497 e. The number of rotatable bonds is 5. The Bertz CT molecular complexity index is 1120. The predicted octanol–water partition coefficient (Wildman–Crippen LogP) is 4.40. The van der Waals surface area contributed by atoms with Crippen LogP contribution in [0.1, 0.15) is 22.3 Å². The van der Waals surface area contributed by atoms with E-state index in [2.05, 4.69) is 10.3 Å². The molecule has 1 aromatic heterocycles. The molecule has 7 heteroatoms. The van der Waals surface area contributed by atoms with E-state index in [0.717, 1.165) is 21.9 Å². The molecule has 6 nitrogen and oxygen atoms in total. The van der Waals surface area contributed by atoms with Gasteiger partial charge in [0.15, 0.2) is 0 Å². The summed E-state index contributed by atoms with van der Waals surface area (Å²) in [7, 11) is 3.37. The Morgan fingerprint density at radius 3 is 2.87 bits per heavy atom. The number of anilines is 2. The first-order valence-corrected chi connectivity index (χ1v) is 10.3. The summed E-state index contributed by atoms with van der Waals surface area (Å²) < 4.78 is 5.23. The van der Waals surface area contributed by atoms with E-state index in [4.69, 9.17) is 4.74 Å². The van der Waals surface area contributed by atoms with Crippen LogP contribution < -0.4 is 15.0 Å². The fourth-order valence-electron chi connectivity index (χ4n) is 3.29. The first-order chi connectivity index (χ1) is 14.5. The van der Waals surface area contributed by atoms with Gasteiger partial charge in [0.05, 0.1) is 18.4 Å². The van der Waals surface area contributed by atoms with Crippen LogP contribution in [0, 0.1) is 0 Å². The smallest absolute Gasteiger partial charge is 0.260 e. The van der Waals surface area contributed by atoms with E-state index < -0.39 is 0 Å². The summed E-state index contributed by atoms with van der Waals surface area (Å²) in [5, 5.41) is 3.62. The Kier molecular flexibility index (Phi) is 5.72. The Morgan fingerprint density at radius 1 is 1.17 bits per heavy atom. The van der Waals surface area contributed by atoms with Gasteiger partial charge in [-0.05, 0) is 54.4 Å². The second-order valence-corrected chi connectivity index (χ2v) is 7.94. The van der Waals surface area contributed by atoms with Gasteiger partial charge >= 0.3 is 0 Å². The van der Waals surface area contributed by atoms with Crippen LogP contribution in [0.3, 0.4) is 0 Å². The number of hydrogen-bond donors (Lipinski definition) is 1. The third-order valence-corrected chi connectivity index (χ3v) is 5.96. The van der Waals surface area contributed by atoms with E-state index in [1.165, 1.54) is 11.8 Å². The lowest BCUT2D eigenvalue weighted by molar-refractivity contribution is -0.116. The minimum absolute atomic E-state index is 0.0700. The Morgan fingerprint density at radius 2 is 2.03 bits per heavy atom. The molecule has 0 radical (unpaired) electrons. The van der Waals surface area contributed by atoms with Crippen molar-refractivity contribution in [3.05, 3.63) is 71.9 Å². The Labute approximate surface area is 179 Å². The number of methoxy groups -OCH3 is 1. The summed E-state index contributed by atoms with van der Waals surface area (Å²) in [5.41, 5.74) is 3.10. The van der Waals surface area contributed by atoms with Crippen molar-refractivity contribution in [2.45, 2.75) is 22.8 Å². The predicted molar refractivity (Wildman–Crippen MR) is 117 cm³/mol. The van der Waals surface area contributed by atoms with Crippen LogP contribution in [0.15, 0.2) is 70.7 Å². The van der Waals surface area contributed by atoms with E-state index in [-0.39, 0.29) is 11.8 Å². The fourth-order valence-corrected chi connectivity index (χ4v) is 4.37. The third kappa shape index (κ3) is 4.16. The average Bonchev–Trinajstić information content (AvgIpc) is 2.87. The lowest BCUT2D eigenvalue weighted by Gasteiger charge is -2.18. The third-order valence-electron chi connectivity index (χ3n) is 4.89. The number of aromatic nitrogens is 1. The van der Waals surface area contributed by atoms with Crippen LogP contribution in [0.5, 0.6) is 5.75 Å². The molecule has 0 saturated carbocycles. The first kappa shape index (κ1) is 20.0. The molecule has 2 amide bonds. The standard InChI is InChI=1S/C23H21N3O3S/c1-26-19-10-9-16(14-20(19)30-22-18(23(26)28)7-4-12-24-22)25-21(27)11-8-15-5-3-6-17(13-15)29-2/h3-7,9-10,12-14H,8,11H2,1-2H3,(H,25,27). The van der Waals surface area contributed by atoms with E-state index in [1.54, 1.807) is 37.4 Å². The summed E-state index contributed by atoms with van der Waals surface area (Å²) in [5.74, 6) is 0.613. The summed E-state index contributed by atoms with van der Waals surface area (Å²) >= 11 is 1.43. The molecule has 3 aromatic rings. The van der Waals surface area contributed by atoms with E-state index in [0.29, 0.717) is 29.1 Å². The van der Waals surface area contributed by atoms with Gasteiger partial charge in [0.25, 0.3) is 5.91 Å². The number of aryl methyl sites for hydroxylation is 1. The highest BCUT2D eigenvalue weighted by Crippen LogP contribution is 2.41. The molecular formula is C23H21N3O3S. The van der Waals surface area contributed by atoms with E-state index >= 15 is 0 Å². The van der Waals surface area contributed by atoms with Crippen LogP contribution in [0.25, 0.3) is 0 Å². The van der Waals surface area contributed by atoms with Crippen LogP contribution in [0.4, 0.5) is 11.4 Å². The Hall–Kier alpha value is -3.32. The summed E-state index contributed by atoms with van der Waals surface area (Å²) in [6, 6.07) is 16.8. The summed E-state index contributed by atoms with van der Waals surface area (Å²) in [4.78, 5) is 32.0. The van der Waals surface area contributed by atoms with Crippen molar-refractivity contribution in [3.8, 4) is 5.75 Å². The average molecular weight is 420 g/mol. The second-order valence-electron chi connectivity index (χ2n) is 6.90. The molecule has 1 N–H and O–H groups in total. The molecule has 0 spiro atoms. The number of hydrogen-bond acceptors (Lipinski definition) is 5. The topological polar surface area (TPSA) is 71.5 Å². The van der Waals surface area contributed by atoms with Crippen molar-refractivity contribution >= 4 is 35.0 Å². The molecule has 0 bridgehead atoms. The highest BCUT2D eigenvalue weighted by atomic mass is 32.2. The number of ether oxygens (including phenoxy) is 1. The van der Waals surface area contributed by atoms with Gasteiger partial charge in [-0.25, -0.2) is 4.98 Å². The number of carbonyl (C=O) groups is 2. The molecule has 0 unspecified atom stereocenters. The normalized spacial score (nSPS) is 12.6. The Balaban J connectivity index is 1.48. The molecule has 2 heterocycles. The highest BCUT2D eigenvalue weighted by Gasteiger charge is 2.25. The van der Waals surface area contributed by atoms with Crippen LogP contribution in [-0.2, 0) is 11.2 Å². The number of nitrogens with one attached hydrogen (secondary N) is 1. The molecule has 30 heavy (non-hydrogen) atoms. The van der Waals surface area contributed by atoms with Crippen molar-refractivity contribution in [3.63, 3.8) is 0 Å². The van der Waals surface area contributed by atoms with E-state index in [1.807, 2.05) is 42.5 Å². The van der Waals surface area contributed by atoms with Gasteiger partial charge in [-0.15, -0.1) is 0 Å². The number of fused-ring (bicyclic) bond motifs is 2. The maximum Gasteiger partial charge on any atom is 0.260 e. The zero-order chi connectivity index (χ0) is 21.1. The molecule has 152 valence electrons. The van der Waals surface area contributed by atoms with Gasteiger partial charge in [-0.2, -0.15) is 0 Å². The number of nitrogens with zero attached hydrogens (tertiary/aromatic N) is 2. The maximum absolute atomic E-state index is 12.7. The second kappa shape index (κ2) is 8.59. The van der Waals surface area contributed by atoms with Gasteiger partial charge in [0.2, 0.25) is 5.91 Å². The zero-order valence-corrected chi connectivity index (χ0v) is 17.5. The van der Waals surface area contributed by atoms with Gasteiger partial charge in [-0.1, -0.05) is 23.9 Å². The van der Waals surface area contributed by atoms with Crippen LogP contribution >= 0.6 is 11.8 Å². The molecule has 4 rings (SSSR count). The zero-order valence-electron chi connectivity index (χ0n) is 16.7. The number of amides is 2. The van der Waals surface area contributed by atoms with Gasteiger partial charge in [0, 0.05) is 30.2 Å². The molecule has 0 fully saturated rings. The summed E-state index contributed by atoms with van der Waals surface area (Å²) in [6.45, 7) is 0. The van der Waals surface area contributed by atoms with Gasteiger partial charge in [-0.3, -0.25) is 9.59 Å². The highest BCUT2D eigenvalue weighted by molar-refractivity contribution is 7.99. The number of carbonyl (C=O) groups excluding carboxylic acids is 2. The first-order valence-electron chi connectivity index (χ1n) is 9.53. The molecule has 1 aliphatic heterocycles. The van der Waals surface area contributed by atoms with Crippen molar-refractivity contribution < 1.29 is 14.3 Å². The SMILES string of the molecule is COc1cccc(CCC(=O)Nc2ccc3c(c2)Sc2ncccc2C(=O)N3C)c1. The summed E-state index contributed by atoms with van der Waals surface area (Å²) in [6.07, 6.45) is 2.66. The van der Waals surface area contributed by atoms with Crippen LogP contribution in [0.2, 0.25) is 0 Å². The molecular weight excluding hydrogens is 398 g/mol. The van der Waals surface area contributed by atoms with Crippen molar-refractivity contribution in [1.82, 2.24) is 4.98 Å². The molecule has 2 aromatic carbocycles. The monoisotopic (exact) mass is 419 g/mol. The molecule has 1 aliphatic rings. The molecule has 0 aliphatic carbocycles. The fraction of sp³-hybridized carbons (Fsp3) is 0.174. The largest absolute Gasteiger partial charge is 0.497 e. The number of benzene rings is 2. The molecule has 0 atom stereocenters. The van der Waals surface area contributed by atoms with Crippen molar-refractivity contribution in [2.24, 2.45) is 0 Å². The molecule has 0 saturated heterocycles. The van der Waals surface area contributed by atoms with Crippen LogP contribution in [-0.4, -0.2) is 31.0 Å². The van der Waals surface area contributed by atoms with Crippen molar-refractivity contribution in [2.75, 3.05) is 24.4 Å². The number of pyridine rings is 1. The van der Waals surface area contributed by atoms with Gasteiger partial charge in [0.1, 0.15) is 10.8 Å². The quantitative estimate of drug-likeness (QED) is 0.664. The van der Waals surface area contributed by atoms with Crippen molar-refractivity contribution in [1.29, 1.82) is 0 Å². The van der Waals surface area contributed by atoms with E-state index in [9.17, 15) is 9.59 Å².